The number of amides is 1. The summed E-state index contributed by atoms with van der Waals surface area (Å²) in [6, 6.07) is 6.58. The van der Waals surface area contributed by atoms with E-state index in [-0.39, 0.29) is 12.5 Å². The number of carbonyl (C=O) groups is 1. The highest BCUT2D eigenvalue weighted by atomic mass is 32.2. The predicted octanol–water partition coefficient (Wildman–Crippen LogP) is 0.00720. The van der Waals surface area contributed by atoms with E-state index in [1.54, 1.807) is 36.2 Å². The highest BCUT2D eigenvalue weighted by molar-refractivity contribution is 7.90. The van der Waals surface area contributed by atoms with Gasteiger partial charge in [-0.3, -0.25) is 9.69 Å². The first-order chi connectivity index (χ1) is 7.79. The van der Waals surface area contributed by atoms with Crippen molar-refractivity contribution >= 4 is 15.7 Å². The molecule has 0 spiro atoms. The van der Waals surface area contributed by atoms with E-state index < -0.39 is 9.84 Å². The molecule has 0 heterocycles. The Morgan fingerprint density at radius 1 is 1.29 bits per heavy atom. The highest BCUT2D eigenvalue weighted by Crippen LogP contribution is 2.11. The Morgan fingerprint density at radius 3 is 2.24 bits per heavy atom. The minimum atomic E-state index is -3.15. The lowest BCUT2D eigenvalue weighted by atomic mass is 10.2. The van der Waals surface area contributed by atoms with Crippen LogP contribution in [0.5, 0.6) is 0 Å². The van der Waals surface area contributed by atoms with E-state index in [2.05, 4.69) is 0 Å². The zero-order chi connectivity index (χ0) is 13.1. The number of likely N-dealkylation sites (N-methyl/N-ethyl adjacent to an activating group) is 1. The molecule has 6 heteroatoms. The Kier molecular flexibility index (Phi) is 4.25. The van der Waals surface area contributed by atoms with Crippen LogP contribution in [0.1, 0.15) is 5.56 Å². The van der Waals surface area contributed by atoms with E-state index in [1.807, 2.05) is 0 Å². The normalized spacial score (nSPS) is 11.7. The van der Waals surface area contributed by atoms with Crippen molar-refractivity contribution in [2.45, 2.75) is 11.4 Å². The highest BCUT2D eigenvalue weighted by Gasteiger charge is 2.07. The van der Waals surface area contributed by atoms with Gasteiger partial charge in [-0.15, -0.1) is 0 Å². The van der Waals surface area contributed by atoms with Gasteiger partial charge < -0.3 is 5.73 Å². The Morgan fingerprint density at radius 2 is 1.82 bits per heavy atom. The molecule has 1 amide bonds. The SMILES string of the molecule is CN(CC(N)=O)Cc1ccc(S(C)(=O)=O)cc1. The van der Waals surface area contributed by atoms with Gasteiger partial charge in [-0.25, -0.2) is 8.42 Å². The Balaban J connectivity index is 2.72. The molecule has 2 N–H and O–H groups in total. The molecule has 0 bridgehead atoms. The summed E-state index contributed by atoms with van der Waals surface area (Å²) in [4.78, 5) is 12.7. The summed E-state index contributed by atoms with van der Waals surface area (Å²) < 4.78 is 22.5. The van der Waals surface area contributed by atoms with Crippen molar-refractivity contribution in [1.82, 2.24) is 4.90 Å². The van der Waals surface area contributed by atoms with Crippen molar-refractivity contribution in [2.75, 3.05) is 19.8 Å². The molecule has 1 rings (SSSR count). The van der Waals surface area contributed by atoms with Gasteiger partial charge in [0.25, 0.3) is 0 Å². The van der Waals surface area contributed by atoms with Crippen molar-refractivity contribution in [3.63, 3.8) is 0 Å². The number of nitrogens with two attached hydrogens (primary N) is 1. The average molecular weight is 256 g/mol. The van der Waals surface area contributed by atoms with E-state index in [1.165, 1.54) is 6.26 Å². The largest absolute Gasteiger partial charge is 0.369 e. The molecule has 0 radical (unpaired) electrons. The average Bonchev–Trinajstić information content (AvgIpc) is 2.15. The third kappa shape index (κ3) is 4.54. The molecule has 0 atom stereocenters. The molecule has 1 aromatic carbocycles. The molecular formula is C11H16N2O3S. The zero-order valence-corrected chi connectivity index (χ0v) is 10.7. The molecule has 0 unspecified atom stereocenters. The maximum absolute atomic E-state index is 11.2. The van der Waals surface area contributed by atoms with Crippen LogP contribution in [0.15, 0.2) is 29.2 Å². The van der Waals surface area contributed by atoms with Gasteiger partial charge in [-0.1, -0.05) is 12.1 Å². The number of nitrogens with zero attached hydrogens (tertiary/aromatic N) is 1. The second kappa shape index (κ2) is 5.29. The number of hydrogen-bond acceptors (Lipinski definition) is 4. The lowest BCUT2D eigenvalue weighted by Crippen LogP contribution is -2.30. The van der Waals surface area contributed by atoms with Gasteiger partial charge in [-0.2, -0.15) is 0 Å². The maximum atomic E-state index is 11.2. The Labute approximate surface area is 101 Å². The molecule has 0 saturated carbocycles. The maximum Gasteiger partial charge on any atom is 0.231 e. The number of primary amides is 1. The number of rotatable bonds is 5. The fourth-order valence-corrected chi connectivity index (χ4v) is 2.11. The van der Waals surface area contributed by atoms with Crippen LogP contribution in [-0.4, -0.2) is 39.1 Å². The molecule has 0 saturated heterocycles. The molecule has 0 aliphatic rings. The van der Waals surface area contributed by atoms with Crippen LogP contribution in [0.25, 0.3) is 0 Å². The van der Waals surface area contributed by atoms with Gasteiger partial charge in [0.15, 0.2) is 9.84 Å². The number of benzene rings is 1. The first kappa shape index (κ1) is 13.7. The summed E-state index contributed by atoms with van der Waals surface area (Å²) in [6.45, 7) is 0.723. The third-order valence-electron chi connectivity index (χ3n) is 2.23. The smallest absolute Gasteiger partial charge is 0.231 e. The predicted molar refractivity (Wildman–Crippen MR) is 65.1 cm³/mol. The molecule has 0 aliphatic carbocycles. The standard InChI is InChI=1S/C11H16N2O3S/c1-13(8-11(12)14)7-9-3-5-10(6-4-9)17(2,15)16/h3-6H,7-8H2,1-2H3,(H2,12,14). The van der Waals surface area contributed by atoms with E-state index in [0.29, 0.717) is 11.4 Å². The summed E-state index contributed by atoms with van der Waals surface area (Å²) in [5.74, 6) is -0.389. The number of hydrogen-bond donors (Lipinski definition) is 1. The number of carbonyl (C=O) groups excluding carboxylic acids is 1. The van der Waals surface area contributed by atoms with Crippen molar-refractivity contribution in [3.8, 4) is 0 Å². The zero-order valence-electron chi connectivity index (χ0n) is 9.88. The summed E-state index contributed by atoms with van der Waals surface area (Å²) in [5.41, 5.74) is 6.00. The first-order valence-electron chi connectivity index (χ1n) is 5.05. The first-order valence-corrected chi connectivity index (χ1v) is 6.94. The van der Waals surface area contributed by atoms with E-state index in [4.69, 9.17) is 5.73 Å². The summed E-state index contributed by atoms with van der Waals surface area (Å²) in [6.07, 6.45) is 1.17. The molecule has 1 aromatic rings. The second-order valence-corrected chi connectivity index (χ2v) is 6.07. The van der Waals surface area contributed by atoms with Gasteiger partial charge >= 0.3 is 0 Å². The summed E-state index contributed by atoms with van der Waals surface area (Å²) in [5, 5.41) is 0. The Bertz CT molecular complexity index is 494. The molecule has 0 fully saturated rings. The van der Waals surface area contributed by atoms with Gasteiger partial charge in [-0.05, 0) is 24.7 Å². The van der Waals surface area contributed by atoms with Crippen molar-refractivity contribution in [1.29, 1.82) is 0 Å². The molecule has 17 heavy (non-hydrogen) atoms. The van der Waals surface area contributed by atoms with Crippen LogP contribution in [0, 0.1) is 0 Å². The van der Waals surface area contributed by atoms with Crippen LogP contribution < -0.4 is 5.73 Å². The molecular weight excluding hydrogens is 240 g/mol. The van der Waals surface area contributed by atoms with Crippen LogP contribution in [-0.2, 0) is 21.2 Å². The number of sulfone groups is 1. The monoisotopic (exact) mass is 256 g/mol. The molecule has 0 aliphatic heterocycles. The Hall–Kier alpha value is -1.40. The molecule has 5 nitrogen and oxygen atoms in total. The van der Waals surface area contributed by atoms with Crippen LogP contribution in [0.3, 0.4) is 0 Å². The quantitative estimate of drug-likeness (QED) is 0.804. The summed E-state index contributed by atoms with van der Waals surface area (Å²) >= 11 is 0. The van der Waals surface area contributed by atoms with Gasteiger partial charge in [0, 0.05) is 12.8 Å². The minimum absolute atomic E-state index is 0.174. The van der Waals surface area contributed by atoms with Crippen LogP contribution in [0.4, 0.5) is 0 Å². The van der Waals surface area contributed by atoms with Crippen LogP contribution >= 0.6 is 0 Å². The minimum Gasteiger partial charge on any atom is -0.369 e. The molecule has 94 valence electrons. The van der Waals surface area contributed by atoms with E-state index in [0.717, 1.165) is 5.56 Å². The third-order valence-corrected chi connectivity index (χ3v) is 3.36. The van der Waals surface area contributed by atoms with Crippen LogP contribution in [0.2, 0.25) is 0 Å². The van der Waals surface area contributed by atoms with Gasteiger partial charge in [0.05, 0.1) is 11.4 Å². The van der Waals surface area contributed by atoms with Crippen molar-refractivity contribution in [2.24, 2.45) is 5.73 Å². The fourth-order valence-electron chi connectivity index (χ4n) is 1.48. The van der Waals surface area contributed by atoms with Crippen molar-refractivity contribution in [3.05, 3.63) is 29.8 Å². The topological polar surface area (TPSA) is 80.5 Å². The van der Waals surface area contributed by atoms with E-state index >= 15 is 0 Å². The lowest BCUT2D eigenvalue weighted by Gasteiger charge is -2.14. The fraction of sp³-hybridized carbons (Fsp3) is 0.364. The lowest BCUT2D eigenvalue weighted by molar-refractivity contribution is -0.118. The van der Waals surface area contributed by atoms with E-state index in [9.17, 15) is 13.2 Å². The summed E-state index contributed by atoms with van der Waals surface area (Å²) in [7, 11) is -1.38. The van der Waals surface area contributed by atoms with Gasteiger partial charge in [0.2, 0.25) is 5.91 Å². The van der Waals surface area contributed by atoms with Crippen molar-refractivity contribution < 1.29 is 13.2 Å². The van der Waals surface area contributed by atoms with Gasteiger partial charge in [0.1, 0.15) is 0 Å². The molecule has 0 aromatic heterocycles. The second-order valence-electron chi connectivity index (χ2n) is 4.05.